The number of hydrogen-bond donors (Lipinski definition) is 2. The molecule has 2 fully saturated rings. The smallest absolute Gasteiger partial charge is 0.0592 e. The van der Waals surface area contributed by atoms with Crippen LogP contribution in [-0.4, -0.2) is 44.8 Å². The van der Waals surface area contributed by atoms with Crippen LogP contribution in [-0.2, 0) is 0 Å². The van der Waals surface area contributed by atoms with Crippen LogP contribution in [0.2, 0.25) is 0 Å². The maximum atomic E-state index is 3.66. The molecule has 2 heterocycles. The highest BCUT2D eigenvalue weighted by molar-refractivity contribution is 4.83. The van der Waals surface area contributed by atoms with Gasteiger partial charge in [0.2, 0.25) is 0 Å². The third kappa shape index (κ3) is 4.57. The first-order valence-electron chi connectivity index (χ1n) is 7.38. The number of rotatable bonds is 2. The van der Waals surface area contributed by atoms with E-state index in [0.717, 1.165) is 11.8 Å². The summed E-state index contributed by atoms with van der Waals surface area (Å²) in [4.78, 5) is 2.30. The average molecular weight is 241 g/mol. The first-order chi connectivity index (χ1) is 8.27. The minimum Gasteiger partial charge on any atom is -0.316 e. The summed E-state index contributed by atoms with van der Waals surface area (Å²) in [5.41, 5.74) is 0. The molecule has 0 spiro atoms. The molecule has 2 N–H and O–H groups in total. The molecule has 3 nitrogen and oxygen atoms in total. The van der Waals surface area contributed by atoms with Crippen molar-refractivity contribution in [1.82, 2.24) is 15.5 Å². The highest BCUT2D eigenvalue weighted by Gasteiger charge is 2.28. The molecule has 2 aliphatic heterocycles. The second-order valence-corrected chi connectivity index (χ2v) is 5.33. The number of nitrogens with one attached hydrogen (secondary N) is 2. The Morgan fingerprint density at radius 1 is 0.941 bits per heavy atom. The van der Waals surface area contributed by atoms with E-state index < -0.39 is 0 Å². The van der Waals surface area contributed by atoms with Crippen molar-refractivity contribution in [2.75, 3.05) is 33.7 Å². The molecule has 2 aliphatic rings. The number of hydrogen-bond acceptors (Lipinski definition) is 3. The van der Waals surface area contributed by atoms with E-state index >= 15 is 0 Å². The van der Waals surface area contributed by atoms with Crippen molar-refractivity contribution in [3.05, 3.63) is 0 Å². The summed E-state index contributed by atoms with van der Waals surface area (Å²) in [5.74, 6) is 1.84. The summed E-state index contributed by atoms with van der Waals surface area (Å²) in [5, 5.41) is 7.19. The highest BCUT2D eigenvalue weighted by Crippen LogP contribution is 2.27. The predicted octanol–water partition coefficient (Wildman–Crippen LogP) is 1.90. The average Bonchev–Trinajstić information content (AvgIpc) is 2.42. The molecule has 0 aromatic heterocycles. The van der Waals surface area contributed by atoms with Crippen LogP contribution in [0.5, 0.6) is 0 Å². The normalized spacial score (nSPS) is 34.1. The summed E-state index contributed by atoms with van der Waals surface area (Å²) in [7, 11) is 4.33. The van der Waals surface area contributed by atoms with E-state index in [1.807, 2.05) is 13.8 Å². The second kappa shape index (κ2) is 8.06. The molecular weight excluding hydrogens is 210 g/mol. The molecule has 0 bridgehead atoms. The van der Waals surface area contributed by atoms with Gasteiger partial charge in [0.1, 0.15) is 0 Å². The van der Waals surface area contributed by atoms with E-state index in [1.165, 1.54) is 45.3 Å². The molecule has 2 saturated heterocycles. The van der Waals surface area contributed by atoms with Crippen molar-refractivity contribution >= 4 is 0 Å². The molecule has 17 heavy (non-hydrogen) atoms. The van der Waals surface area contributed by atoms with Crippen molar-refractivity contribution in [3.8, 4) is 0 Å². The Bertz CT molecular complexity index is 180. The van der Waals surface area contributed by atoms with Gasteiger partial charge in [-0.2, -0.15) is 0 Å². The van der Waals surface area contributed by atoms with Crippen LogP contribution in [0.3, 0.4) is 0 Å². The summed E-state index contributed by atoms with van der Waals surface area (Å²) in [6.45, 7) is 7.70. The fourth-order valence-electron chi connectivity index (χ4n) is 2.99. The molecule has 0 aromatic rings. The summed E-state index contributed by atoms with van der Waals surface area (Å²) < 4.78 is 0. The van der Waals surface area contributed by atoms with Gasteiger partial charge in [0, 0.05) is 0 Å². The molecule has 0 aliphatic carbocycles. The lowest BCUT2D eigenvalue weighted by Crippen LogP contribution is -2.50. The van der Waals surface area contributed by atoms with Crippen LogP contribution < -0.4 is 10.6 Å². The van der Waals surface area contributed by atoms with Crippen molar-refractivity contribution in [2.24, 2.45) is 11.8 Å². The van der Waals surface area contributed by atoms with Crippen LogP contribution in [0.4, 0.5) is 0 Å². The largest absolute Gasteiger partial charge is 0.316 e. The molecule has 3 heteroatoms. The van der Waals surface area contributed by atoms with Gasteiger partial charge in [-0.15, -0.1) is 0 Å². The Hall–Kier alpha value is -0.120. The topological polar surface area (TPSA) is 27.3 Å². The van der Waals surface area contributed by atoms with E-state index in [0.29, 0.717) is 6.17 Å². The lowest BCUT2D eigenvalue weighted by atomic mass is 9.81. The lowest BCUT2D eigenvalue weighted by molar-refractivity contribution is 0.134. The van der Waals surface area contributed by atoms with E-state index in [9.17, 15) is 0 Å². The summed E-state index contributed by atoms with van der Waals surface area (Å²) >= 11 is 0. The minimum atomic E-state index is 0.609. The molecular formula is C14H31N3. The zero-order valence-electron chi connectivity index (χ0n) is 12.1. The Morgan fingerprint density at radius 2 is 1.65 bits per heavy atom. The van der Waals surface area contributed by atoms with Gasteiger partial charge in [0.05, 0.1) is 6.17 Å². The zero-order chi connectivity index (χ0) is 12.7. The fraction of sp³-hybridized carbons (Fsp3) is 1.00. The first-order valence-corrected chi connectivity index (χ1v) is 7.38. The second-order valence-electron chi connectivity index (χ2n) is 5.33. The molecule has 0 radical (unpaired) electrons. The maximum absolute atomic E-state index is 3.66. The Kier molecular flexibility index (Phi) is 7.09. The highest BCUT2D eigenvalue weighted by atomic mass is 15.2. The third-order valence-electron chi connectivity index (χ3n) is 4.05. The minimum absolute atomic E-state index is 0.609. The monoisotopic (exact) mass is 241 g/mol. The molecule has 0 amide bonds. The molecule has 2 rings (SSSR count). The van der Waals surface area contributed by atoms with Gasteiger partial charge in [0.15, 0.2) is 0 Å². The van der Waals surface area contributed by atoms with Gasteiger partial charge in [-0.1, -0.05) is 13.8 Å². The van der Waals surface area contributed by atoms with Gasteiger partial charge >= 0.3 is 0 Å². The SMILES string of the molecule is CC.CN(C)C1CCC(C2CCCNC2)CN1. The Morgan fingerprint density at radius 3 is 2.12 bits per heavy atom. The molecule has 0 aromatic carbocycles. The Balaban J connectivity index is 0.000000686. The zero-order valence-corrected chi connectivity index (χ0v) is 12.1. The molecule has 3 atom stereocenters. The van der Waals surface area contributed by atoms with Crippen LogP contribution >= 0.6 is 0 Å². The van der Waals surface area contributed by atoms with Gasteiger partial charge in [0.25, 0.3) is 0 Å². The summed E-state index contributed by atoms with van der Waals surface area (Å²) in [6, 6.07) is 0. The van der Waals surface area contributed by atoms with E-state index in [1.54, 1.807) is 0 Å². The van der Waals surface area contributed by atoms with Gasteiger partial charge in [-0.3, -0.25) is 4.90 Å². The fourth-order valence-corrected chi connectivity index (χ4v) is 2.99. The first kappa shape index (κ1) is 14.9. The van der Waals surface area contributed by atoms with E-state index in [-0.39, 0.29) is 0 Å². The van der Waals surface area contributed by atoms with Gasteiger partial charge in [-0.25, -0.2) is 0 Å². The lowest BCUT2D eigenvalue weighted by Gasteiger charge is -2.38. The number of piperidine rings is 2. The van der Waals surface area contributed by atoms with Crippen LogP contribution in [0.25, 0.3) is 0 Å². The van der Waals surface area contributed by atoms with E-state index in [4.69, 9.17) is 0 Å². The quantitative estimate of drug-likeness (QED) is 0.773. The van der Waals surface area contributed by atoms with Crippen LogP contribution in [0, 0.1) is 11.8 Å². The third-order valence-corrected chi connectivity index (χ3v) is 4.05. The van der Waals surface area contributed by atoms with Crippen molar-refractivity contribution in [3.63, 3.8) is 0 Å². The van der Waals surface area contributed by atoms with E-state index in [2.05, 4.69) is 29.6 Å². The Labute approximate surface area is 107 Å². The van der Waals surface area contributed by atoms with Crippen LogP contribution in [0.15, 0.2) is 0 Å². The van der Waals surface area contributed by atoms with Gasteiger partial charge < -0.3 is 10.6 Å². The molecule has 3 unspecified atom stereocenters. The van der Waals surface area contributed by atoms with Crippen LogP contribution in [0.1, 0.15) is 39.5 Å². The van der Waals surface area contributed by atoms with Crippen molar-refractivity contribution in [1.29, 1.82) is 0 Å². The number of nitrogens with zero attached hydrogens (tertiary/aromatic N) is 1. The summed E-state index contributed by atoms with van der Waals surface area (Å²) in [6.07, 6.45) is 6.14. The standard InChI is InChI=1S/C12H25N3.C2H6/c1-15(2)12-6-5-11(9-14-12)10-4-3-7-13-8-10;1-2/h10-14H,3-9H2,1-2H3;1-2H3. The van der Waals surface area contributed by atoms with Crippen molar-refractivity contribution < 1.29 is 0 Å². The van der Waals surface area contributed by atoms with Crippen molar-refractivity contribution in [2.45, 2.75) is 45.7 Å². The predicted molar refractivity (Wildman–Crippen MR) is 75.1 cm³/mol. The molecule has 0 saturated carbocycles. The maximum Gasteiger partial charge on any atom is 0.0592 e. The molecule has 102 valence electrons. The van der Waals surface area contributed by atoms with Gasteiger partial charge in [-0.05, 0) is 71.2 Å².